The summed E-state index contributed by atoms with van der Waals surface area (Å²) < 4.78 is 16.9. The van der Waals surface area contributed by atoms with Gasteiger partial charge in [-0.3, -0.25) is 4.79 Å². The zero-order valence-electron chi connectivity index (χ0n) is 22.5. The highest BCUT2D eigenvalue weighted by Gasteiger charge is 2.30. The lowest BCUT2D eigenvalue weighted by Crippen LogP contribution is -2.51. The smallest absolute Gasteiger partial charge is 0.334 e. The van der Waals surface area contributed by atoms with Crippen molar-refractivity contribution in [1.82, 2.24) is 29.3 Å². The van der Waals surface area contributed by atoms with E-state index in [0.29, 0.717) is 38.7 Å². The lowest BCUT2D eigenvalue weighted by atomic mass is 10.0. The molecular formula is C29H33FN8O2. The van der Waals surface area contributed by atoms with Crippen LogP contribution in [-0.4, -0.2) is 82.4 Å². The highest BCUT2D eigenvalue weighted by molar-refractivity contribution is 5.80. The molecule has 2 aliphatic rings. The SMILES string of the molecule is CN(c1nccc(=O)n1C(=O)N1CCNCC1)C1CCN(c2nc3ccccc3n2Cc2ccc(F)cc2)CC1. The second kappa shape index (κ2) is 11.1. The first-order chi connectivity index (χ1) is 19.5. The second-order valence-electron chi connectivity index (χ2n) is 10.4. The fourth-order valence-corrected chi connectivity index (χ4v) is 5.67. The predicted octanol–water partition coefficient (Wildman–Crippen LogP) is 2.76. The van der Waals surface area contributed by atoms with Gasteiger partial charge in [-0.1, -0.05) is 24.3 Å². The Bertz CT molecular complexity index is 1550. The van der Waals surface area contributed by atoms with E-state index in [-0.39, 0.29) is 23.4 Å². The molecule has 0 aliphatic carbocycles. The Labute approximate surface area is 231 Å². The van der Waals surface area contributed by atoms with E-state index in [2.05, 4.69) is 25.8 Å². The van der Waals surface area contributed by atoms with E-state index in [1.54, 1.807) is 4.90 Å². The van der Waals surface area contributed by atoms with Gasteiger partial charge >= 0.3 is 6.03 Å². The number of rotatable bonds is 5. The van der Waals surface area contributed by atoms with Crippen LogP contribution in [0.25, 0.3) is 11.0 Å². The molecule has 4 aromatic rings. The average molecular weight is 545 g/mol. The van der Waals surface area contributed by atoms with E-state index in [0.717, 1.165) is 48.5 Å². The van der Waals surface area contributed by atoms with Gasteiger partial charge in [0, 0.05) is 64.6 Å². The van der Waals surface area contributed by atoms with Crippen LogP contribution in [0.5, 0.6) is 0 Å². The maximum atomic E-state index is 13.5. The van der Waals surface area contributed by atoms with Crippen LogP contribution in [0.2, 0.25) is 0 Å². The first-order valence-corrected chi connectivity index (χ1v) is 13.7. The summed E-state index contributed by atoms with van der Waals surface area (Å²) in [6.45, 7) is 4.62. The highest BCUT2D eigenvalue weighted by Crippen LogP contribution is 2.28. The largest absolute Gasteiger partial charge is 0.342 e. The number of hydrogen-bond donors (Lipinski definition) is 1. The molecular weight excluding hydrogens is 511 g/mol. The minimum atomic E-state index is -0.368. The normalized spacial score (nSPS) is 16.4. The fourth-order valence-electron chi connectivity index (χ4n) is 5.67. The summed E-state index contributed by atoms with van der Waals surface area (Å²) in [5.74, 6) is 1.01. The number of aromatic nitrogens is 4. The molecule has 0 saturated carbocycles. The molecule has 0 atom stereocenters. The molecule has 1 amide bonds. The molecule has 2 aromatic heterocycles. The van der Waals surface area contributed by atoms with Crippen LogP contribution < -0.4 is 20.7 Å². The van der Waals surface area contributed by atoms with Crippen LogP contribution in [0.15, 0.2) is 65.6 Å². The van der Waals surface area contributed by atoms with Gasteiger partial charge < -0.3 is 24.6 Å². The van der Waals surface area contributed by atoms with Crippen LogP contribution in [0.4, 0.5) is 21.1 Å². The molecule has 10 nitrogen and oxygen atoms in total. The van der Waals surface area contributed by atoms with Gasteiger partial charge in [-0.15, -0.1) is 0 Å². The number of hydrogen-bond acceptors (Lipinski definition) is 7. The Balaban J connectivity index is 1.22. The van der Waals surface area contributed by atoms with Gasteiger partial charge in [-0.05, 0) is 42.7 Å². The van der Waals surface area contributed by atoms with Crippen molar-refractivity contribution in [2.75, 3.05) is 56.1 Å². The number of halogens is 1. The van der Waals surface area contributed by atoms with E-state index in [1.165, 1.54) is 29.0 Å². The van der Waals surface area contributed by atoms with Gasteiger partial charge in [0.05, 0.1) is 17.6 Å². The number of fused-ring (bicyclic) bond motifs is 1. The van der Waals surface area contributed by atoms with Crippen molar-refractivity contribution in [2.45, 2.75) is 25.4 Å². The third-order valence-corrected chi connectivity index (χ3v) is 7.91. The lowest BCUT2D eigenvalue weighted by Gasteiger charge is -2.38. The quantitative estimate of drug-likeness (QED) is 0.413. The number of anilines is 2. The third-order valence-electron chi connectivity index (χ3n) is 7.91. The Kier molecular flexibility index (Phi) is 7.21. The molecule has 0 spiro atoms. The summed E-state index contributed by atoms with van der Waals surface area (Å²) in [6.07, 6.45) is 3.09. The van der Waals surface area contributed by atoms with Crippen LogP contribution in [0, 0.1) is 5.82 Å². The fraction of sp³-hybridized carbons (Fsp3) is 0.379. The third kappa shape index (κ3) is 5.04. The van der Waals surface area contributed by atoms with E-state index in [4.69, 9.17) is 4.98 Å². The van der Waals surface area contributed by atoms with Crippen molar-refractivity contribution in [3.8, 4) is 0 Å². The van der Waals surface area contributed by atoms with Crippen molar-refractivity contribution in [3.63, 3.8) is 0 Å². The van der Waals surface area contributed by atoms with Crippen LogP contribution >= 0.6 is 0 Å². The number of amides is 1. The minimum Gasteiger partial charge on any atom is -0.342 e. The van der Waals surface area contributed by atoms with Gasteiger partial charge in [0.2, 0.25) is 11.9 Å². The monoisotopic (exact) mass is 544 g/mol. The highest BCUT2D eigenvalue weighted by atomic mass is 19.1. The molecule has 2 aromatic carbocycles. The van der Waals surface area contributed by atoms with Crippen molar-refractivity contribution < 1.29 is 9.18 Å². The Morgan fingerprint density at radius 3 is 2.50 bits per heavy atom. The Morgan fingerprint density at radius 2 is 1.75 bits per heavy atom. The van der Waals surface area contributed by atoms with Crippen LogP contribution in [0.3, 0.4) is 0 Å². The molecule has 2 saturated heterocycles. The summed E-state index contributed by atoms with van der Waals surface area (Å²) in [6, 6.07) is 15.8. The van der Waals surface area contributed by atoms with Crippen molar-refractivity contribution in [3.05, 3.63) is 82.5 Å². The number of carbonyl (C=O) groups is 1. The standard InChI is InChI=1S/C29H33FN8O2/c1-34(27-32-13-10-26(39)38(27)29(40)36-18-14-31-15-19-36)23-11-16-35(17-12-23)28-33-24-4-2-3-5-25(24)37(28)20-21-6-8-22(30)9-7-21/h2-10,13,23,31H,11-12,14-20H2,1H3. The first kappa shape index (κ1) is 26.0. The van der Waals surface area contributed by atoms with Gasteiger partial charge in [-0.25, -0.2) is 19.2 Å². The summed E-state index contributed by atoms with van der Waals surface area (Å²) in [5, 5.41) is 3.24. The van der Waals surface area contributed by atoms with Gasteiger partial charge in [0.15, 0.2) is 0 Å². The molecule has 0 unspecified atom stereocenters. The van der Waals surface area contributed by atoms with Crippen molar-refractivity contribution in [2.24, 2.45) is 0 Å². The Morgan fingerprint density at radius 1 is 1.02 bits per heavy atom. The number of piperidine rings is 1. The Hall–Kier alpha value is -4.25. The van der Waals surface area contributed by atoms with Gasteiger partial charge in [0.1, 0.15) is 5.82 Å². The number of imidazole rings is 1. The van der Waals surface area contributed by atoms with E-state index in [1.807, 2.05) is 42.3 Å². The molecule has 2 aliphatic heterocycles. The number of benzene rings is 2. The van der Waals surface area contributed by atoms with Crippen LogP contribution in [-0.2, 0) is 6.54 Å². The van der Waals surface area contributed by atoms with Crippen molar-refractivity contribution in [1.29, 1.82) is 0 Å². The minimum absolute atomic E-state index is 0.0996. The van der Waals surface area contributed by atoms with Gasteiger partial charge in [-0.2, -0.15) is 4.57 Å². The summed E-state index contributed by atoms with van der Waals surface area (Å²) in [7, 11) is 1.91. The molecule has 208 valence electrons. The maximum absolute atomic E-state index is 13.5. The number of carbonyl (C=O) groups excluding carboxylic acids is 1. The summed E-state index contributed by atoms with van der Waals surface area (Å²) in [5.41, 5.74) is 2.59. The van der Waals surface area contributed by atoms with Crippen molar-refractivity contribution >= 4 is 29.0 Å². The van der Waals surface area contributed by atoms with E-state index >= 15 is 0 Å². The molecule has 1 N–H and O–H groups in total. The van der Waals surface area contributed by atoms with E-state index < -0.39 is 0 Å². The first-order valence-electron chi connectivity index (χ1n) is 13.7. The molecule has 40 heavy (non-hydrogen) atoms. The molecule has 0 radical (unpaired) electrons. The number of piperazine rings is 1. The molecule has 2 fully saturated rings. The van der Waals surface area contributed by atoms with Gasteiger partial charge in [0.25, 0.3) is 5.56 Å². The average Bonchev–Trinajstić information content (AvgIpc) is 3.36. The molecule has 0 bridgehead atoms. The van der Waals surface area contributed by atoms with Crippen LogP contribution in [0.1, 0.15) is 18.4 Å². The number of nitrogens with zero attached hydrogens (tertiary/aromatic N) is 7. The van der Waals surface area contributed by atoms with E-state index in [9.17, 15) is 14.0 Å². The topological polar surface area (TPSA) is 91.5 Å². The number of para-hydroxylation sites is 2. The zero-order chi connectivity index (χ0) is 27.6. The molecule has 11 heteroatoms. The maximum Gasteiger partial charge on any atom is 0.334 e. The second-order valence-corrected chi connectivity index (χ2v) is 10.4. The zero-order valence-corrected chi connectivity index (χ0v) is 22.5. The summed E-state index contributed by atoms with van der Waals surface area (Å²) in [4.78, 5) is 41.5. The predicted molar refractivity (Wildman–Crippen MR) is 153 cm³/mol. The molecule has 4 heterocycles. The number of nitrogens with one attached hydrogen (secondary N) is 1. The summed E-state index contributed by atoms with van der Waals surface area (Å²) >= 11 is 0. The lowest BCUT2D eigenvalue weighted by molar-refractivity contribution is 0.191. The molecule has 6 rings (SSSR count).